The average Bonchev–Trinajstić information content (AvgIpc) is 2.38. The van der Waals surface area contributed by atoms with Gasteiger partial charge in [-0.1, -0.05) is 56.0 Å². The summed E-state index contributed by atoms with van der Waals surface area (Å²) in [7, 11) is 0. The Morgan fingerprint density at radius 1 is 1.26 bits per heavy atom. The number of amides is 1. The van der Waals surface area contributed by atoms with Crippen LogP contribution in [0.15, 0.2) is 30.3 Å². The van der Waals surface area contributed by atoms with E-state index in [0.717, 1.165) is 12.0 Å². The van der Waals surface area contributed by atoms with Crippen LogP contribution < -0.4 is 5.32 Å². The highest BCUT2D eigenvalue weighted by atomic mass is 16.1. The van der Waals surface area contributed by atoms with E-state index in [1.54, 1.807) is 6.08 Å². The van der Waals surface area contributed by atoms with Crippen LogP contribution in [0.4, 0.5) is 0 Å². The Bertz CT molecular complexity index is 406. The average molecular weight is 259 g/mol. The molecule has 19 heavy (non-hydrogen) atoms. The number of rotatable bonds is 7. The summed E-state index contributed by atoms with van der Waals surface area (Å²) < 4.78 is 0. The number of nitrogens with one attached hydrogen (secondary N) is 1. The van der Waals surface area contributed by atoms with Crippen molar-refractivity contribution in [2.45, 2.75) is 52.5 Å². The van der Waals surface area contributed by atoms with Crippen LogP contribution in [-0.4, -0.2) is 11.9 Å². The van der Waals surface area contributed by atoms with E-state index < -0.39 is 0 Å². The van der Waals surface area contributed by atoms with E-state index in [0.29, 0.717) is 0 Å². The fourth-order valence-corrected chi connectivity index (χ4v) is 1.91. The summed E-state index contributed by atoms with van der Waals surface area (Å²) in [6.45, 7) is 6.30. The van der Waals surface area contributed by atoms with Gasteiger partial charge in [-0.15, -0.1) is 0 Å². The monoisotopic (exact) mass is 259 g/mol. The minimum atomic E-state index is -0.00965. The zero-order valence-corrected chi connectivity index (χ0v) is 12.3. The SMILES string of the molecule is CCCCCC(C)NC(=O)C=Cc1ccc(C)cc1. The molecule has 1 unspecified atom stereocenters. The molecule has 104 valence electrons. The normalized spacial score (nSPS) is 12.6. The first-order valence-corrected chi connectivity index (χ1v) is 7.17. The smallest absolute Gasteiger partial charge is 0.244 e. The first-order chi connectivity index (χ1) is 9.11. The van der Waals surface area contributed by atoms with Gasteiger partial charge in [-0.3, -0.25) is 4.79 Å². The number of hydrogen-bond acceptors (Lipinski definition) is 1. The lowest BCUT2D eigenvalue weighted by Crippen LogP contribution is -2.30. The molecule has 1 aromatic carbocycles. The van der Waals surface area contributed by atoms with Gasteiger partial charge in [0.1, 0.15) is 0 Å². The van der Waals surface area contributed by atoms with E-state index >= 15 is 0 Å². The molecule has 0 saturated carbocycles. The highest BCUT2D eigenvalue weighted by Crippen LogP contribution is 2.05. The van der Waals surface area contributed by atoms with Crippen molar-refractivity contribution in [3.63, 3.8) is 0 Å². The van der Waals surface area contributed by atoms with Gasteiger partial charge in [-0.05, 0) is 31.9 Å². The molecule has 0 heterocycles. The van der Waals surface area contributed by atoms with Gasteiger partial charge in [0.2, 0.25) is 5.91 Å². The molecule has 1 aromatic rings. The second-order valence-corrected chi connectivity index (χ2v) is 5.15. The van der Waals surface area contributed by atoms with Crippen LogP contribution in [0.3, 0.4) is 0 Å². The van der Waals surface area contributed by atoms with Gasteiger partial charge < -0.3 is 5.32 Å². The fraction of sp³-hybridized carbons (Fsp3) is 0.471. The molecule has 0 aliphatic heterocycles. The lowest BCUT2D eigenvalue weighted by atomic mass is 10.1. The Labute approximate surface area is 116 Å². The number of carbonyl (C=O) groups excluding carboxylic acids is 1. The number of benzene rings is 1. The van der Waals surface area contributed by atoms with Gasteiger partial charge in [-0.2, -0.15) is 0 Å². The van der Waals surface area contributed by atoms with E-state index in [1.165, 1.54) is 24.8 Å². The zero-order valence-electron chi connectivity index (χ0n) is 12.3. The second kappa shape index (κ2) is 8.52. The molecule has 1 rings (SSSR count). The van der Waals surface area contributed by atoms with E-state index in [2.05, 4.69) is 26.1 Å². The van der Waals surface area contributed by atoms with Crippen LogP contribution in [0.25, 0.3) is 6.08 Å². The summed E-state index contributed by atoms with van der Waals surface area (Å²) >= 11 is 0. The van der Waals surface area contributed by atoms with Crippen molar-refractivity contribution >= 4 is 12.0 Å². The minimum Gasteiger partial charge on any atom is -0.350 e. The van der Waals surface area contributed by atoms with Gasteiger partial charge in [0, 0.05) is 12.1 Å². The van der Waals surface area contributed by atoms with Crippen molar-refractivity contribution in [2.75, 3.05) is 0 Å². The summed E-state index contributed by atoms with van der Waals surface area (Å²) in [5.41, 5.74) is 2.28. The molecule has 0 spiro atoms. The minimum absolute atomic E-state index is 0.00965. The lowest BCUT2D eigenvalue weighted by Gasteiger charge is -2.11. The van der Waals surface area contributed by atoms with Crippen molar-refractivity contribution in [3.05, 3.63) is 41.5 Å². The van der Waals surface area contributed by atoms with E-state index in [9.17, 15) is 4.79 Å². The number of hydrogen-bond donors (Lipinski definition) is 1. The largest absolute Gasteiger partial charge is 0.350 e. The number of unbranched alkanes of at least 4 members (excludes halogenated alkanes) is 2. The first kappa shape index (κ1) is 15.5. The summed E-state index contributed by atoms with van der Waals surface area (Å²) in [5.74, 6) is -0.00965. The van der Waals surface area contributed by atoms with Crippen LogP contribution in [0.2, 0.25) is 0 Å². The summed E-state index contributed by atoms with van der Waals surface area (Å²) in [6.07, 6.45) is 8.15. The van der Waals surface area contributed by atoms with Gasteiger partial charge >= 0.3 is 0 Å². The van der Waals surface area contributed by atoms with Crippen molar-refractivity contribution in [2.24, 2.45) is 0 Å². The predicted octanol–water partition coefficient (Wildman–Crippen LogP) is 4.09. The standard InChI is InChI=1S/C17H25NO/c1-4-5-6-7-15(3)18-17(19)13-12-16-10-8-14(2)9-11-16/h8-13,15H,4-7H2,1-3H3,(H,18,19). The fourth-order valence-electron chi connectivity index (χ4n) is 1.91. The number of aryl methyl sites for hydroxylation is 1. The van der Waals surface area contributed by atoms with Crippen LogP contribution in [0.5, 0.6) is 0 Å². The molecule has 0 radical (unpaired) electrons. The zero-order chi connectivity index (χ0) is 14.1. The van der Waals surface area contributed by atoms with Gasteiger partial charge in [0.25, 0.3) is 0 Å². The molecule has 1 atom stereocenters. The Kier molecular flexibility index (Phi) is 6.94. The first-order valence-electron chi connectivity index (χ1n) is 7.17. The summed E-state index contributed by atoms with van der Waals surface area (Å²) in [6, 6.07) is 8.38. The predicted molar refractivity (Wildman–Crippen MR) is 82.0 cm³/mol. The molecule has 1 N–H and O–H groups in total. The van der Waals surface area contributed by atoms with Gasteiger partial charge in [0.05, 0.1) is 0 Å². The topological polar surface area (TPSA) is 29.1 Å². The van der Waals surface area contributed by atoms with Crippen LogP contribution >= 0.6 is 0 Å². The second-order valence-electron chi connectivity index (χ2n) is 5.15. The quantitative estimate of drug-likeness (QED) is 0.580. The molecule has 0 saturated heterocycles. The van der Waals surface area contributed by atoms with E-state index in [-0.39, 0.29) is 11.9 Å². The molecule has 2 heteroatoms. The number of carbonyl (C=O) groups is 1. The van der Waals surface area contributed by atoms with Crippen molar-refractivity contribution < 1.29 is 4.79 Å². The third-order valence-electron chi connectivity index (χ3n) is 3.13. The molecular weight excluding hydrogens is 234 g/mol. The molecular formula is C17H25NO. The third-order valence-corrected chi connectivity index (χ3v) is 3.13. The van der Waals surface area contributed by atoms with Gasteiger partial charge in [-0.25, -0.2) is 0 Å². The maximum atomic E-state index is 11.7. The molecule has 0 fully saturated rings. The Morgan fingerprint density at radius 3 is 2.58 bits per heavy atom. The van der Waals surface area contributed by atoms with Crippen molar-refractivity contribution in [1.29, 1.82) is 0 Å². The van der Waals surface area contributed by atoms with Crippen LogP contribution in [0.1, 0.15) is 50.7 Å². The van der Waals surface area contributed by atoms with Crippen LogP contribution in [0, 0.1) is 6.92 Å². The maximum Gasteiger partial charge on any atom is 0.244 e. The van der Waals surface area contributed by atoms with Crippen LogP contribution in [-0.2, 0) is 4.79 Å². The molecule has 0 aliphatic carbocycles. The third kappa shape index (κ3) is 6.80. The summed E-state index contributed by atoms with van der Waals surface area (Å²) in [5, 5.41) is 2.99. The van der Waals surface area contributed by atoms with Crippen molar-refractivity contribution in [1.82, 2.24) is 5.32 Å². The lowest BCUT2D eigenvalue weighted by molar-refractivity contribution is -0.117. The summed E-state index contributed by atoms with van der Waals surface area (Å²) in [4.78, 5) is 11.7. The molecule has 0 aromatic heterocycles. The Hall–Kier alpha value is -1.57. The molecule has 0 aliphatic rings. The highest BCUT2D eigenvalue weighted by molar-refractivity contribution is 5.91. The molecule has 0 bridgehead atoms. The Morgan fingerprint density at radius 2 is 1.95 bits per heavy atom. The molecule has 1 amide bonds. The maximum absolute atomic E-state index is 11.7. The molecule has 2 nitrogen and oxygen atoms in total. The Balaban J connectivity index is 2.35. The van der Waals surface area contributed by atoms with Gasteiger partial charge in [0.15, 0.2) is 0 Å². The van der Waals surface area contributed by atoms with Crippen molar-refractivity contribution in [3.8, 4) is 0 Å². The van der Waals surface area contributed by atoms with E-state index in [1.807, 2.05) is 30.3 Å². The van der Waals surface area contributed by atoms with E-state index in [4.69, 9.17) is 0 Å². The highest BCUT2D eigenvalue weighted by Gasteiger charge is 2.03.